The fraction of sp³-hybridized carbons (Fsp3) is 0.421. The number of aryl methyl sites for hydroxylation is 2. The molecular formula is C19H23N5O. The van der Waals surface area contributed by atoms with Crippen molar-refractivity contribution in [2.45, 2.75) is 26.2 Å². The molecule has 3 heterocycles. The highest BCUT2D eigenvalue weighted by molar-refractivity contribution is 5.95. The molecule has 1 aliphatic heterocycles. The molecule has 4 rings (SSSR count). The van der Waals surface area contributed by atoms with Crippen LogP contribution in [-0.4, -0.2) is 43.6 Å². The molecule has 1 amide bonds. The Morgan fingerprint density at radius 3 is 2.96 bits per heavy atom. The summed E-state index contributed by atoms with van der Waals surface area (Å²) in [7, 11) is 1.85. The van der Waals surface area contributed by atoms with Crippen molar-refractivity contribution in [1.29, 1.82) is 0 Å². The van der Waals surface area contributed by atoms with Gasteiger partial charge in [0, 0.05) is 32.8 Å². The normalized spacial score (nSPS) is 18.0. The molecule has 130 valence electrons. The highest BCUT2D eigenvalue weighted by Crippen LogP contribution is 2.23. The lowest BCUT2D eigenvalue weighted by Gasteiger charge is -2.32. The van der Waals surface area contributed by atoms with Gasteiger partial charge in [0.15, 0.2) is 0 Å². The molecule has 1 N–H and O–H groups in total. The minimum absolute atomic E-state index is 0.0971. The number of nitrogens with one attached hydrogen (secondary N) is 1. The number of nitrogens with zero attached hydrogens (tertiary/aromatic N) is 4. The van der Waals surface area contributed by atoms with E-state index in [-0.39, 0.29) is 5.91 Å². The number of aromatic nitrogens is 4. The second-order valence-electron chi connectivity index (χ2n) is 6.97. The molecule has 1 saturated heterocycles. The summed E-state index contributed by atoms with van der Waals surface area (Å²) in [5, 5.41) is 4.29. The summed E-state index contributed by atoms with van der Waals surface area (Å²) in [4.78, 5) is 22.9. The van der Waals surface area contributed by atoms with Crippen LogP contribution in [0.4, 0.5) is 0 Å². The first-order valence-electron chi connectivity index (χ1n) is 8.83. The van der Waals surface area contributed by atoms with Crippen molar-refractivity contribution in [3.8, 4) is 0 Å². The summed E-state index contributed by atoms with van der Waals surface area (Å²) in [5.74, 6) is 1.55. The zero-order valence-corrected chi connectivity index (χ0v) is 14.7. The van der Waals surface area contributed by atoms with Crippen LogP contribution in [0.2, 0.25) is 0 Å². The van der Waals surface area contributed by atoms with Gasteiger partial charge in [0.05, 0.1) is 22.3 Å². The summed E-state index contributed by atoms with van der Waals surface area (Å²) >= 11 is 0. The molecule has 0 spiro atoms. The van der Waals surface area contributed by atoms with Crippen molar-refractivity contribution < 1.29 is 4.79 Å². The van der Waals surface area contributed by atoms with Gasteiger partial charge < -0.3 is 9.88 Å². The lowest BCUT2D eigenvalue weighted by Crippen LogP contribution is -2.40. The van der Waals surface area contributed by atoms with Crippen LogP contribution < -0.4 is 0 Å². The number of piperidine rings is 1. The van der Waals surface area contributed by atoms with Gasteiger partial charge in [-0.1, -0.05) is 12.1 Å². The van der Waals surface area contributed by atoms with Crippen LogP contribution in [0.25, 0.3) is 11.0 Å². The number of carbonyl (C=O) groups is 1. The van der Waals surface area contributed by atoms with Gasteiger partial charge in [-0.05, 0) is 37.8 Å². The lowest BCUT2D eigenvalue weighted by atomic mass is 9.94. The highest BCUT2D eigenvalue weighted by Gasteiger charge is 2.27. The molecule has 0 unspecified atom stereocenters. The van der Waals surface area contributed by atoms with Crippen LogP contribution in [0.3, 0.4) is 0 Å². The number of likely N-dealkylation sites (tertiary alicyclic amines) is 1. The Morgan fingerprint density at radius 1 is 1.36 bits per heavy atom. The Bertz CT molecular complexity index is 877. The summed E-state index contributed by atoms with van der Waals surface area (Å²) in [6, 6.07) is 8.09. The van der Waals surface area contributed by atoms with E-state index in [0.29, 0.717) is 11.5 Å². The summed E-state index contributed by atoms with van der Waals surface area (Å²) in [6.45, 7) is 3.50. The van der Waals surface area contributed by atoms with Gasteiger partial charge >= 0.3 is 0 Å². The number of aromatic amines is 1. The zero-order valence-electron chi connectivity index (χ0n) is 14.7. The standard InChI is InChI=1S/C19H23N5O/c1-13-15(12-23(2)22-13)19(25)24-9-5-6-14(11-24)10-18-20-16-7-3-4-8-17(16)21-18/h3-4,7-8,12,14H,5-6,9-11H2,1-2H3,(H,20,21)/t14-/m1/s1. The molecule has 1 atom stereocenters. The van der Waals surface area contributed by atoms with Crippen LogP contribution in [0.1, 0.15) is 34.7 Å². The number of rotatable bonds is 3. The number of benzene rings is 1. The van der Waals surface area contributed by atoms with Crippen molar-refractivity contribution in [3.05, 3.63) is 47.5 Å². The Labute approximate surface area is 146 Å². The fourth-order valence-corrected chi connectivity index (χ4v) is 3.77. The van der Waals surface area contributed by atoms with E-state index in [1.54, 1.807) is 4.68 Å². The van der Waals surface area contributed by atoms with Gasteiger partial charge in [-0.3, -0.25) is 9.48 Å². The number of H-pyrrole nitrogens is 1. The molecule has 0 saturated carbocycles. The molecule has 6 heteroatoms. The van der Waals surface area contributed by atoms with E-state index in [2.05, 4.69) is 15.1 Å². The van der Waals surface area contributed by atoms with E-state index in [1.165, 1.54) is 0 Å². The summed E-state index contributed by atoms with van der Waals surface area (Å²) in [5.41, 5.74) is 3.60. The Hall–Kier alpha value is -2.63. The van der Waals surface area contributed by atoms with Gasteiger partial charge in [0.1, 0.15) is 5.82 Å². The van der Waals surface area contributed by atoms with Crippen molar-refractivity contribution in [1.82, 2.24) is 24.6 Å². The third-order valence-electron chi connectivity index (χ3n) is 4.97. The van der Waals surface area contributed by atoms with E-state index in [0.717, 1.165) is 54.9 Å². The number of hydrogen-bond acceptors (Lipinski definition) is 3. The number of hydrogen-bond donors (Lipinski definition) is 1. The first-order chi connectivity index (χ1) is 12.1. The number of fused-ring (bicyclic) bond motifs is 1. The molecule has 1 fully saturated rings. The molecule has 2 aromatic heterocycles. The van der Waals surface area contributed by atoms with E-state index < -0.39 is 0 Å². The maximum atomic E-state index is 12.8. The quantitative estimate of drug-likeness (QED) is 0.799. The topological polar surface area (TPSA) is 66.8 Å². The molecular weight excluding hydrogens is 314 g/mol. The van der Waals surface area contributed by atoms with Crippen molar-refractivity contribution in [2.75, 3.05) is 13.1 Å². The third-order valence-corrected chi connectivity index (χ3v) is 4.97. The van der Waals surface area contributed by atoms with E-state index >= 15 is 0 Å². The monoisotopic (exact) mass is 337 g/mol. The van der Waals surface area contributed by atoms with Gasteiger partial charge in [-0.25, -0.2) is 4.98 Å². The number of amides is 1. The molecule has 1 aliphatic rings. The Balaban J connectivity index is 1.47. The van der Waals surface area contributed by atoms with Crippen LogP contribution in [0.5, 0.6) is 0 Å². The SMILES string of the molecule is Cc1nn(C)cc1C(=O)N1CCC[C@H](Cc2nc3ccccc3[nH]2)C1. The predicted octanol–water partition coefficient (Wildman–Crippen LogP) is 2.70. The largest absolute Gasteiger partial charge is 0.342 e. The van der Waals surface area contributed by atoms with Crippen molar-refractivity contribution >= 4 is 16.9 Å². The maximum absolute atomic E-state index is 12.8. The van der Waals surface area contributed by atoms with E-state index in [1.807, 2.05) is 49.3 Å². The second-order valence-corrected chi connectivity index (χ2v) is 6.97. The molecule has 0 aliphatic carbocycles. The molecule has 6 nitrogen and oxygen atoms in total. The minimum atomic E-state index is 0.0971. The first-order valence-corrected chi connectivity index (χ1v) is 8.83. The van der Waals surface area contributed by atoms with E-state index in [9.17, 15) is 4.79 Å². The number of para-hydroxylation sites is 2. The van der Waals surface area contributed by atoms with Crippen molar-refractivity contribution in [2.24, 2.45) is 13.0 Å². The molecule has 0 bridgehead atoms. The third kappa shape index (κ3) is 3.16. The zero-order chi connectivity index (χ0) is 17.4. The first kappa shape index (κ1) is 15.9. The Morgan fingerprint density at radius 2 is 2.20 bits per heavy atom. The van der Waals surface area contributed by atoms with Crippen LogP contribution in [0, 0.1) is 12.8 Å². The maximum Gasteiger partial charge on any atom is 0.257 e. The van der Waals surface area contributed by atoms with Gasteiger partial charge in [0.25, 0.3) is 5.91 Å². The van der Waals surface area contributed by atoms with Gasteiger partial charge in [0.2, 0.25) is 0 Å². The molecule has 25 heavy (non-hydrogen) atoms. The minimum Gasteiger partial charge on any atom is -0.342 e. The molecule has 3 aromatic rings. The Kier molecular flexibility index (Phi) is 4.03. The predicted molar refractivity (Wildman–Crippen MR) is 96.4 cm³/mol. The molecule has 1 aromatic carbocycles. The van der Waals surface area contributed by atoms with Gasteiger partial charge in [-0.2, -0.15) is 5.10 Å². The number of imidazole rings is 1. The van der Waals surface area contributed by atoms with E-state index in [4.69, 9.17) is 0 Å². The highest BCUT2D eigenvalue weighted by atomic mass is 16.2. The van der Waals surface area contributed by atoms with Crippen LogP contribution >= 0.6 is 0 Å². The lowest BCUT2D eigenvalue weighted by molar-refractivity contribution is 0.0671. The average molecular weight is 337 g/mol. The molecule has 0 radical (unpaired) electrons. The van der Waals surface area contributed by atoms with Crippen LogP contribution in [0.15, 0.2) is 30.5 Å². The summed E-state index contributed by atoms with van der Waals surface area (Å²) in [6.07, 6.45) is 4.87. The fourth-order valence-electron chi connectivity index (χ4n) is 3.77. The summed E-state index contributed by atoms with van der Waals surface area (Å²) < 4.78 is 1.71. The van der Waals surface area contributed by atoms with Crippen LogP contribution in [-0.2, 0) is 13.5 Å². The van der Waals surface area contributed by atoms with Crippen molar-refractivity contribution in [3.63, 3.8) is 0 Å². The average Bonchev–Trinajstić information content (AvgIpc) is 3.16. The number of carbonyl (C=O) groups excluding carboxylic acids is 1. The second kappa shape index (κ2) is 6.35. The van der Waals surface area contributed by atoms with Gasteiger partial charge in [-0.15, -0.1) is 0 Å². The smallest absolute Gasteiger partial charge is 0.257 e.